The van der Waals surface area contributed by atoms with Crippen LogP contribution < -0.4 is 10.2 Å². The highest BCUT2D eigenvalue weighted by Gasteiger charge is 2.54. The molecule has 2 aliphatic rings. The molecular weight excluding hydrogens is 516 g/mol. The van der Waals surface area contributed by atoms with Crippen LogP contribution in [0.3, 0.4) is 0 Å². The molecule has 0 spiro atoms. The Bertz CT molecular complexity index is 1480. The Morgan fingerprint density at radius 3 is 2.39 bits per heavy atom. The highest BCUT2D eigenvalue weighted by Crippen LogP contribution is 2.47. The van der Waals surface area contributed by atoms with E-state index in [2.05, 4.69) is 5.32 Å². The number of hydrogen-bond donors (Lipinski definition) is 4. The van der Waals surface area contributed by atoms with E-state index in [1.165, 1.54) is 4.90 Å². The fraction of sp³-hybridized carbons (Fsp3) is 0.294. The van der Waals surface area contributed by atoms with Gasteiger partial charge in [0.15, 0.2) is 0 Å². The number of aliphatic hydroxyl groups is 2. The van der Waals surface area contributed by atoms with Gasteiger partial charge in [0.2, 0.25) is 11.8 Å². The number of carbonyl (C=O) groups excluding carboxylic acids is 2. The molecule has 0 aromatic heterocycles. The monoisotopic (exact) mass is 552 g/mol. The molecular formula is C34H36N2O5. The molecule has 3 aromatic rings. The summed E-state index contributed by atoms with van der Waals surface area (Å²) in [6.45, 7) is 3.53. The van der Waals surface area contributed by atoms with Crippen molar-refractivity contribution in [3.8, 4) is 5.75 Å². The number of hydrogen-bond acceptors (Lipinski definition) is 6. The van der Waals surface area contributed by atoms with Crippen LogP contribution in [0.1, 0.15) is 38.7 Å². The van der Waals surface area contributed by atoms with E-state index in [1.54, 1.807) is 30.3 Å². The van der Waals surface area contributed by atoms with Gasteiger partial charge in [-0.1, -0.05) is 47.6 Å². The molecule has 1 aliphatic heterocycles. The molecule has 0 unspecified atom stereocenters. The molecule has 5 rings (SSSR count). The van der Waals surface area contributed by atoms with Gasteiger partial charge in [-0.2, -0.15) is 0 Å². The Kier molecular flexibility index (Phi) is 8.38. The van der Waals surface area contributed by atoms with Crippen LogP contribution in [0.2, 0.25) is 0 Å². The molecule has 3 aromatic carbocycles. The van der Waals surface area contributed by atoms with Gasteiger partial charge in [-0.25, -0.2) is 0 Å². The number of nitrogens with zero attached hydrogens (tertiary/aromatic N) is 1. The predicted molar refractivity (Wildman–Crippen MR) is 161 cm³/mol. The number of amides is 2. The van der Waals surface area contributed by atoms with Crippen molar-refractivity contribution in [2.45, 2.75) is 39.2 Å². The van der Waals surface area contributed by atoms with Crippen molar-refractivity contribution in [1.82, 2.24) is 0 Å². The lowest BCUT2D eigenvalue weighted by molar-refractivity contribution is -0.123. The van der Waals surface area contributed by atoms with Crippen molar-refractivity contribution in [2.24, 2.45) is 17.8 Å². The van der Waals surface area contributed by atoms with E-state index in [0.717, 1.165) is 28.1 Å². The minimum Gasteiger partial charge on any atom is -0.508 e. The number of aromatic hydroxyl groups is 1. The number of aliphatic hydroxyl groups excluding tert-OH is 2. The molecule has 1 fully saturated rings. The van der Waals surface area contributed by atoms with E-state index < -0.39 is 23.9 Å². The molecule has 1 aliphatic carbocycles. The van der Waals surface area contributed by atoms with Crippen molar-refractivity contribution in [1.29, 1.82) is 0 Å². The Morgan fingerprint density at radius 2 is 1.71 bits per heavy atom. The van der Waals surface area contributed by atoms with E-state index in [0.29, 0.717) is 30.5 Å². The van der Waals surface area contributed by atoms with Gasteiger partial charge < -0.3 is 20.6 Å². The number of carbonyl (C=O) groups is 2. The van der Waals surface area contributed by atoms with Crippen LogP contribution in [0.15, 0.2) is 95.6 Å². The first-order valence-electron chi connectivity index (χ1n) is 14.0. The van der Waals surface area contributed by atoms with Crippen LogP contribution >= 0.6 is 0 Å². The van der Waals surface area contributed by atoms with E-state index in [9.17, 15) is 24.9 Å². The normalized spacial score (nSPS) is 21.7. The molecule has 4 N–H and O–H groups in total. The van der Waals surface area contributed by atoms with E-state index in [-0.39, 0.29) is 24.2 Å². The minimum atomic E-state index is -0.846. The maximum Gasteiger partial charge on any atom is 0.238 e. The number of anilines is 3. The third-order valence-electron chi connectivity index (χ3n) is 8.17. The highest BCUT2D eigenvalue weighted by atomic mass is 16.3. The number of phenolic OH excluding ortho intramolecular Hbond substituents is 1. The predicted octanol–water partition coefficient (Wildman–Crippen LogP) is 5.81. The molecule has 7 nitrogen and oxygen atoms in total. The summed E-state index contributed by atoms with van der Waals surface area (Å²) in [5, 5.41) is 34.7. The summed E-state index contributed by atoms with van der Waals surface area (Å²) < 4.78 is 0. The average Bonchev–Trinajstić information content (AvgIpc) is 3.21. The van der Waals surface area contributed by atoms with Crippen LogP contribution in [0.4, 0.5) is 17.1 Å². The standard InChI is InChI=1S/C34H36N2O5/c1-21(17-23-7-6-10-27(38)19-23)11-16-30(39)31-22(2)18-28-32(29(31)20-37)34(41)36(33(28)40)26-14-12-25(13-15-26)35-24-8-4-3-5-9-24/h3-10,12-15,17,19,28-30,32,35,37-39H,11,16,18,20H2,1-2H3/b21-17+/t28-,29+,30-,32-/m1/s1. The van der Waals surface area contributed by atoms with Gasteiger partial charge in [0.1, 0.15) is 5.75 Å². The van der Waals surface area contributed by atoms with Gasteiger partial charge in [0.25, 0.3) is 0 Å². The topological polar surface area (TPSA) is 110 Å². The Balaban J connectivity index is 1.30. The second-order valence-corrected chi connectivity index (χ2v) is 11.1. The van der Waals surface area contributed by atoms with Gasteiger partial charge in [-0.15, -0.1) is 0 Å². The first kappa shape index (κ1) is 28.3. The number of rotatable bonds is 9. The second-order valence-electron chi connectivity index (χ2n) is 11.1. The minimum absolute atomic E-state index is 0.194. The zero-order valence-electron chi connectivity index (χ0n) is 23.3. The third kappa shape index (κ3) is 5.97. The molecule has 1 saturated heterocycles. The third-order valence-corrected chi connectivity index (χ3v) is 8.17. The van der Waals surface area contributed by atoms with E-state index >= 15 is 0 Å². The van der Waals surface area contributed by atoms with Crippen LogP contribution in [-0.4, -0.2) is 39.8 Å². The van der Waals surface area contributed by atoms with Crippen molar-refractivity contribution in [3.63, 3.8) is 0 Å². The summed E-state index contributed by atoms with van der Waals surface area (Å²) in [7, 11) is 0. The van der Waals surface area contributed by atoms with Gasteiger partial charge in [0, 0.05) is 17.3 Å². The number of benzene rings is 3. The Labute approximate surface area is 240 Å². The van der Waals surface area contributed by atoms with Crippen LogP contribution in [0.5, 0.6) is 5.75 Å². The van der Waals surface area contributed by atoms with Crippen molar-refractivity contribution >= 4 is 35.0 Å². The van der Waals surface area contributed by atoms with Crippen molar-refractivity contribution < 1.29 is 24.9 Å². The average molecular weight is 553 g/mol. The molecule has 41 heavy (non-hydrogen) atoms. The Morgan fingerprint density at radius 1 is 1.00 bits per heavy atom. The first-order chi connectivity index (χ1) is 19.8. The van der Waals surface area contributed by atoms with Crippen LogP contribution in [0.25, 0.3) is 6.08 Å². The molecule has 0 radical (unpaired) electrons. The maximum absolute atomic E-state index is 13.7. The summed E-state index contributed by atoms with van der Waals surface area (Å²) in [4.78, 5) is 28.5. The largest absolute Gasteiger partial charge is 0.508 e. The number of para-hydroxylation sites is 1. The number of allylic oxidation sites excluding steroid dienone is 2. The molecule has 0 saturated carbocycles. The number of imide groups is 1. The lowest BCUT2D eigenvalue weighted by Gasteiger charge is -2.35. The number of phenols is 1. The van der Waals surface area contributed by atoms with Gasteiger partial charge in [-0.05, 0) is 92.8 Å². The SMILES string of the molecule is CC1=C([C@H](O)CC/C(C)=C/c2cccc(O)c2)[C@H](CO)[C@@H]2C(=O)N(c3ccc(Nc4ccccc4)cc3)C(=O)[C@@H]2C1. The first-order valence-corrected chi connectivity index (χ1v) is 14.0. The van der Waals surface area contributed by atoms with Gasteiger partial charge in [-0.3, -0.25) is 14.5 Å². The van der Waals surface area contributed by atoms with Gasteiger partial charge >= 0.3 is 0 Å². The highest BCUT2D eigenvalue weighted by molar-refractivity contribution is 6.22. The van der Waals surface area contributed by atoms with Crippen molar-refractivity contribution in [3.05, 3.63) is 101 Å². The molecule has 4 atom stereocenters. The molecule has 212 valence electrons. The summed E-state index contributed by atoms with van der Waals surface area (Å²) in [6, 6.07) is 23.9. The second kappa shape index (κ2) is 12.1. The lowest BCUT2D eigenvalue weighted by atomic mass is 9.68. The number of fused-ring (bicyclic) bond motifs is 1. The zero-order valence-corrected chi connectivity index (χ0v) is 23.3. The lowest BCUT2D eigenvalue weighted by Crippen LogP contribution is -2.38. The summed E-state index contributed by atoms with van der Waals surface area (Å²) in [5.74, 6) is -2.31. The summed E-state index contributed by atoms with van der Waals surface area (Å²) >= 11 is 0. The smallest absolute Gasteiger partial charge is 0.238 e. The van der Waals surface area contributed by atoms with Crippen LogP contribution in [0, 0.1) is 17.8 Å². The molecule has 0 bridgehead atoms. The summed E-state index contributed by atoms with van der Waals surface area (Å²) in [6.07, 6.45) is 2.51. The van der Waals surface area contributed by atoms with E-state index in [1.807, 2.05) is 68.5 Å². The molecule has 1 heterocycles. The summed E-state index contributed by atoms with van der Waals surface area (Å²) in [5.41, 5.74) is 5.70. The van der Waals surface area contributed by atoms with Crippen molar-refractivity contribution in [2.75, 3.05) is 16.8 Å². The maximum atomic E-state index is 13.7. The Hall–Kier alpha value is -4.20. The van der Waals surface area contributed by atoms with E-state index in [4.69, 9.17) is 0 Å². The zero-order chi connectivity index (χ0) is 29.1. The van der Waals surface area contributed by atoms with Gasteiger partial charge in [0.05, 0.1) is 30.2 Å². The number of nitrogens with one attached hydrogen (secondary N) is 1. The quantitative estimate of drug-likeness (QED) is 0.197. The van der Waals surface area contributed by atoms with Crippen LogP contribution in [-0.2, 0) is 9.59 Å². The fourth-order valence-electron chi connectivity index (χ4n) is 6.24. The fourth-order valence-corrected chi connectivity index (χ4v) is 6.24. The molecule has 7 heteroatoms. The molecule has 2 amide bonds.